The molecule has 8 rings (SSSR count). The van der Waals surface area contributed by atoms with Crippen molar-refractivity contribution >= 4 is 60.7 Å². The minimum absolute atomic E-state index is 0.0188. The topological polar surface area (TPSA) is 121 Å². The van der Waals surface area contributed by atoms with Crippen molar-refractivity contribution in [3.05, 3.63) is 34.4 Å². The third-order valence-corrected chi connectivity index (χ3v) is 12.0. The maximum absolute atomic E-state index is 17.2. The number of nitriles is 1. The van der Waals surface area contributed by atoms with Gasteiger partial charge >= 0.3 is 6.01 Å². The molecule has 2 atom stereocenters. The second-order valence-corrected chi connectivity index (χ2v) is 15.0. The predicted molar refractivity (Wildman–Crippen MR) is 181 cm³/mol. The quantitative estimate of drug-likeness (QED) is 0.260. The van der Waals surface area contributed by atoms with Gasteiger partial charge in [-0.2, -0.15) is 15.2 Å². The molecule has 0 bridgehead atoms. The minimum Gasteiger partial charge on any atom is -0.489 e. The first-order chi connectivity index (χ1) is 23.5. The van der Waals surface area contributed by atoms with Crippen molar-refractivity contribution in [1.82, 2.24) is 19.8 Å². The fourth-order valence-corrected chi connectivity index (χ4v) is 9.44. The Hall–Kier alpha value is -4.06. The fourth-order valence-electron chi connectivity index (χ4n) is 8.15. The van der Waals surface area contributed by atoms with E-state index in [1.165, 1.54) is 12.1 Å². The van der Waals surface area contributed by atoms with Crippen LogP contribution in [0.1, 0.15) is 37.7 Å². The number of halogens is 4. The largest absolute Gasteiger partial charge is 0.489 e. The van der Waals surface area contributed by atoms with Gasteiger partial charge in [0.05, 0.1) is 32.8 Å². The molecule has 4 aliphatic rings. The second-order valence-electron chi connectivity index (χ2n) is 13.6. The summed E-state index contributed by atoms with van der Waals surface area (Å²) >= 11 is 7.92. The van der Waals surface area contributed by atoms with E-state index < -0.39 is 23.3 Å². The van der Waals surface area contributed by atoms with E-state index in [0.29, 0.717) is 38.2 Å². The third-order valence-electron chi connectivity index (χ3n) is 10.6. The molecule has 0 spiro atoms. The van der Waals surface area contributed by atoms with Gasteiger partial charge in [-0.1, -0.05) is 17.7 Å². The Morgan fingerprint density at radius 3 is 2.82 bits per heavy atom. The lowest BCUT2D eigenvalue weighted by atomic mass is 9.78. The van der Waals surface area contributed by atoms with Crippen LogP contribution < -0.4 is 20.1 Å². The third kappa shape index (κ3) is 4.95. The first-order valence-electron chi connectivity index (χ1n) is 16.3. The lowest BCUT2D eigenvalue weighted by molar-refractivity contribution is -0.136. The molecule has 10 nitrogen and oxygen atoms in total. The molecule has 3 fully saturated rings. The molecular weight excluding hydrogens is 679 g/mol. The van der Waals surface area contributed by atoms with Gasteiger partial charge < -0.3 is 25.0 Å². The normalized spacial score (nSPS) is 24.8. The van der Waals surface area contributed by atoms with Gasteiger partial charge in [0.15, 0.2) is 11.6 Å². The summed E-state index contributed by atoms with van der Waals surface area (Å²) in [7, 11) is 3.45. The summed E-state index contributed by atoms with van der Waals surface area (Å²) in [4.78, 5) is 27.8. The van der Waals surface area contributed by atoms with Crippen molar-refractivity contribution in [2.24, 2.45) is 5.92 Å². The molecule has 1 aliphatic carbocycles. The highest BCUT2D eigenvalue weighted by Crippen LogP contribution is 2.52. The summed E-state index contributed by atoms with van der Waals surface area (Å²) in [6.07, 6.45) is 2.20. The van der Waals surface area contributed by atoms with E-state index in [-0.39, 0.29) is 90.5 Å². The molecular formula is C34H33ClF3N7O3S. The SMILES string of the molecule is CN(C)C(=O)C1CC(N2CCOc3c(Cl)c(-c4ccc(F)c5sc(N)c(C#N)c45)c(F)c4nc(OC[C@@]56CCCN5C[C@H](F)C6)nc2c34)C1. The van der Waals surface area contributed by atoms with Crippen LogP contribution in [0.5, 0.6) is 11.8 Å². The number of benzene rings is 2. The molecule has 1 saturated carbocycles. The van der Waals surface area contributed by atoms with Gasteiger partial charge in [-0.25, -0.2) is 13.2 Å². The van der Waals surface area contributed by atoms with Gasteiger partial charge in [0, 0.05) is 50.0 Å². The highest BCUT2D eigenvalue weighted by atomic mass is 35.5. The molecule has 2 saturated heterocycles. The molecule has 1 amide bonds. The van der Waals surface area contributed by atoms with Crippen LogP contribution in [0.4, 0.5) is 24.0 Å². The molecule has 5 heterocycles. The molecule has 0 radical (unpaired) electrons. The zero-order chi connectivity index (χ0) is 34.4. The Balaban J connectivity index is 1.30. The number of hydrogen-bond acceptors (Lipinski definition) is 10. The van der Waals surface area contributed by atoms with E-state index >= 15 is 4.39 Å². The number of hydrogen-bond donors (Lipinski definition) is 1. The lowest BCUT2D eigenvalue weighted by Crippen LogP contribution is -2.50. The number of nitrogens with two attached hydrogens (primary N) is 1. The molecule has 3 aliphatic heterocycles. The highest BCUT2D eigenvalue weighted by molar-refractivity contribution is 7.23. The Morgan fingerprint density at radius 2 is 2.06 bits per heavy atom. The van der Waals surface area contributed by atoms with Gasteiger partial charge in [0.2, 0.25) is 5.91 Å². The van der Waals surface area contributed by atoms with Crippen molar-refractivity contribution < 1.29 is 27.4 Å². The van der Waals surface area contributed by atoms with Crippen molar-refractivity contribution in [1.29, 1.82) is 5.26 Å². The Bertz CT molecular complexity index is 2080. The first kappa shape index (κ1) is 32.2. The van der Waals surface area contributed by atoms with Crippen LogP contribution in [0.3, 0.4) is 0 Å². The smallest absolute Gasteiger partial charge is 0.319 e. The molecule has 256 valence electrons. The zero-order valence-corrected chi connectivity index (χ0v) is 28.4. The van der Waals surface area contributed by atoms with E-state index in [2.05, 4.69) is 9.88 Å². The van der Waals surface area contributed by atoms with Crippen LogP contribution in [-0.2, 0) is 4.79 Å². The molecule has 4 aromatic rings. The minimum atomic E-state index is -0.961. The van der Waals surface area contributed by atoms with Crippen LogP contribution in [0, 0.1) is 28.9 Å². The summed E-state index contributed by atoms with van der Waals surface area (Å²) in [6.45, 7) is 1.78. The summed E-state index contributed by atoms with van der Waals surface area (Å²) in [5.74, 6) is -1.04. The average molecular weight is 712 g/mol. The average Bonchev–Trinajstić information content (AvgIpc) is 3.65. The number of alkyl halides is 1. The number of anilines is 2. The summed E-state index contributed by atoms with van der Waals surface area (Å²) in [6, 6.07) is 4.40. The molecule has 2 aromatic carbocycles. The van der Waals surface area contributed by atoms with Gasteiger partial charge in [-0.15, -0.1) is 11.3 Å². The number of carbonyl (C=O) groups is 1. The zero-order valence-electron chi connectivity index (χ0n) is 26.9. The number of aromatic nitrogens is 2. The maximum atomic E-state index is 17.2. The van der Waals surface area contributed by atoms with Gasteiger partial charge in [-0.3, -0.25) is 9.69 Å². The van der Waals surface area contributed by atoms with Crippen molar-refractivity contribution in [2.75, 3.05) is 57.6 Å². The molecule has 49 heavy (non-hydrogen) atoms. The summed E-state index contributed by atoms with van der Waals surface area (Å²) in [5.41, 5.74) is 5.53. The monoisotopic (exact) mass is 711 g/mol. The van der Waals surface area contributed by atoms with Crippen LogP contribution >= 0.6 is 22.9 Å². The predicted octanol–water partition coefficient (Wildman–Crippen LogP) is 5.92. The number of thiophene rings is 1. The Kier molecular flexibility index (Phi) is 7.73. The van der Waals surface area contributed by atoms with Crippen LogP contribution in [0.25, 0.3) is 32.1 Å². The molecule has 0 unspecified atom stereocenters. The van der Waals surface area contributed by atoms with Gasteiger partial charge in [0.25, 0.3) is 0 Å². The van der Waals surface area contributed by atoms with E-state index in [0.717, 1.165) is 30.7 Å². The number of carbonyl (C=O) groups excluding carboxylic acids is 1. The van der Waals surface area contributed by atoms with E-state index in [1.54, 1.807) is 19.0 Å². The van der Waals surface area contributed by atoms with Crippen LogP contribution in [0.15, 0.2) is 12.1 Å². The maximum Gasteiger partial charge on any atom is 0.319 e. The van der Waals surface area contributed by atoms with Crippen LogP contribution in [0.2, 0.25) is 5.02 Å². The van der Waals surface area contributed by atoms with Crippen molar-refractivity contribution in [3.63, 3.8) is 0 Å². The first-order valence-corrected chi connectivity index (χ1v) is 17.5. The molecule has 2 N–H and O–H groups in total. The van der Waals surface area contributed by atoms with Crippen LogP contribution in [-0.4, -0.2) is 90.4 Å². The van der Waals surface area contributed by atoms with Crippen molar-refractivity contribution in [3.8, 4) is 29.0 Å². The number of ether oxygens (including phenoxy) is 2. The number of amides is 1. The van der Waals surface area contributed by atoms with Gasteiger partial charge in [-0.05, 0) is 43.9 Å². The molecule has 2 aromatic heterocycles. The van der Waals surface area contributed by atoms with Gasteiger partial charge in [0.1, 0.15) is 47.6 Å². The standard InChI is InChI=1S/C34H33ClF3N7O3S/c1-43(2)32(46)16-10-18(11-16)45-8-9-47-28-24-27(41-33(42-31(24)45)48-15-34-6-3-7-44(34)14-17(36)12-34)26(38)23(25(28)35)19-4-5-21(37)29-22(19)20(13-39)30(40)49-29/h4-5,16-18H,3,6-12,14-15,40H2,1-2H3/t16?,17-,18?,34+/m1/s1. The number of nitrogen functional groups attached to an aromatic ring is 1. The molecule has 15 heteroatoms. The number of fused-ring (bicyclic) bond motifs is 2. The Morgan fingerprint density at radius 1 is 1.27 bits per heavy atom. The van der Waals surface area contributed by atoms with E-state index in [9.17, 15) is 18.8 Å². The van der Waals surface area contributed by atoms with Crippen molar-refractivity contribution in [2.45, 2.75) is 49.9 Å². The Labute approximate surface area is 289 Å². The van der Waals surface area contributed by atoms with E-state index in [4.69, 9.17) is 31.8 Å². The second kappa shape index (κ2) is 11.8. The lowest BCUT2D eigenvalue weighted by Gasteiger charge is -2.43. The summed E-state index contributed by atoms with van der Waals surface area (Å²) in [5, 5.41) is 10.3. The number of rotatable bonds is 6. The van der Waals surface area contributed by atoms with E-state index in [1.807, 2.05) is 11.0 Å². The summed E-state index contributed by atoms with van der Waals surface area (Å²) < 4.78 is 59.3. The fraction of sp³-hybridized carbons (Fsp3) is 0.471. The highest BCUT2D eigenvalue weighted by Gasteiger charge is 2.49. The number of nitrogens with zero attached hydrogens (tertiary/aromatic N) is 6.